The van der Waals surface area contributed by atoms with Crippen molar-refractivity contribution in [2.45, 2.75) is 42.6 Å². The molecule has 0 radical (unpaired) electrons. The first-order chi connectivity index (χ1) is 6.31. The van der Waals surface area contributed by atoms with E-state index in [0.717, 1.165) is 23.5 Å². The van der Waals surface area contributed by atoms with Crippen LogP contribution in [0.1, 0.15) is 25.7 Å². The van der Waals surface area contributed by atoms with E-state index >= 15 is 0 Å². The van der Waals surface area contributed by atoms with Crippen molar-refractivity contribution in [1.29, 1.82) is 0 Å². The summed E-state index contributed by atoms with van der Waals surface area (Å²) in [6.45, 7) is 1.04. The maximum atomic E-state index is 5.55. The van der Waals surface area contributed by atoms with Crippen molar-refractivity contribution in [3.8, 4) is 0 Å². The first-order valence-corrected chi connectivity index (χ1v) is 6.31. The normalized spacial score (nSPS) is 40.3. The van der Waals surface area contributed by atoms with Crippen LogP contribution in [0.15, 0.2) is 11.6 Å². The van der Waals surface area contributed by atoms with Crippen molar-refractivity contribution in [3.63, 3.8) is 0 Å². The van der Waals surface area contributed by atoms with Crippen molar-refractivity contribution in [1.82, 2.24) is 4.90 Å². The van der Waals surface area contributed by atoms with Gasteiger partial charge in [-0.3, -0.25) is 4.90 Å². The average molecular weight is 265 g/mol. The van der Waals surface area contributed by atoms with Gasteiger partial charge in [0.2, 0.25) is 0 Å². The third kappa shape index (κ3) is 2.11. The number of halogens is 2. The number of nitrogens with zero attached hydrogens (tertiary/aromatic N) is 1. The van der Waals surface area contributed by atoms with E-state index in [1.165, 1.54) is 25.7 Å². The van der Waals surface area contributed by atoms with E-state index in [0.29, 0.717) is 0 Å². The lowest BCUT2D eigenvalue weighted by atomic mass is 10.0. The van der Waals surface area contributed by atoms with Crippen LogP contribution in [0, 0.1) is 0 Å². The number of piperidine rings is 1. The fourth-order valence-corrected chi connectivity index (χ4v) is 3.61. The molecule has 2 aliphatic heterocycles. The Balaban J connectivity index is 1.98. The lowest BCUT2D eigenvalue weighted by Crippen LogP contribution is -2.43. The molecule has 2 rings (SSSR count). The van der Waals surface area contributed by atoms with Gasteiger partial charge in [0.25, 0.3) is 0 Å². The quantitative estimate of drug-likeness (QED) is 0.693. The first kappa shape index (κ1) is 10.0. The van der Waals surface area contributed by atoms with Gasteiger partial charge in [0.1, 0.15) is 0 Å². The molecule has 2 fully saturated rings. The zero-order valence-corrected chi connectivity index (χ0v) is 9.97. The molecule has 0 aromatic rings. The van der Waals surface area contributed by atoms with Crippen molar-refractivity contribution in [3.05, 3.63) is 11.6 Å². The standard InChI is InChI=1S/C10H15BrClN/c11-8-6-9-2-3-10(7-8)13(9)5-1-4-12/h1,4,8-10H,2-3,5-7H2/b4-1+. The third-order valence-corrected chi connectivity index (χ3v) is 4.16. The third-order valence-electron chi connectivity index (χ3n) is 3.23. The Morgan fingerprint density at radius 3 is 2.46 bits per heavy atom. The average Bonchev–Trinajstić information content (AvgIpc) is 2.33. The predicted octanol–water partition coefficient (Wildman–Crippen LogP) is 3.13. The Labute approximate surface area is 93.3 Å². The van der Waals surface area contributed by atoms with Crippen LogP contribution < -0.4 is 0 Å². The summed E-state index contributed by atoms with van der Waals surface area (Å²) in [5, 5.41) is 0. The maximum absolute atomic E-state index is 5.55. The Kier molecular flexibility index (Phi) is 3.33. The van der Waals surface area contributed by atoms with E-state index in [1.54, 1.807) is 5.54 Å². The Morgan fingerprint density at radius 2 is 1.92 bits per heavy atom. The summed E-state index contributed by atoms with van der Waals surface area (Å²) in [7, 11) is 0. The molecule has 0 N–H and O–H groups in total. The van der Waals surface area contributed by atoms with E-state index in [4.69, 9.17) is 11.6 Å². The van der Waals surface area contributed by atoms with Gasteiger partial charge in [0.15, 0.2) is 0 Å². The SMILES string of the molecule is Cl/C=C/CN1C2CCC1CC(Br)C2. The highest BCUT2D eigenvalue weighted by Gasteiger charge is 2.38. The van der Waals surface area contributed by atoms with Crippen molar-refractivity contribution >= 4 is 27.5 Å². The zero-order chi connectivity index (χ0) is 9.26. The van der Waals surface area contributed by atoms with Crippen LogP contribution in [0.25, 0.3) is 0 Å². The van der Waals surface area contributed by atoms with Gasteiger partial charge in [-0.15, -0.1) is 0 Å². The lowest BCUT2D eigenvalue weighted by Gasteiger charge is -2.36. The van der Waals surface area contributed by atoms with E-state index in [2.05, 4.69) is 26.9 Å². The van der Waals surface area contributed by atoms with Crippen LogP contribution >= 0.6 is 27.5 Å². The molecule has 2 heterocycles. The molecular weight excluding hydrogens is 249 g/mol. The summed E-state index contributed by atoms with van der Waals surface area (Å²) in [5.74, 6) is 0. The largest absolute Gasteiger partial charge is 0.294 e. The van der Waals surface area contributed by atoms with Gasteiger partial charge < -0.3 is 0 Å². The van der Waals surface area contributed by atoms with Crippen molar-refractivity contribution in [2.75, 3.05) is 6.54 Å². The molecule has 0 spiro atoms. The highest BCUT2D eigenvalue weighted by molar-refractivity contribution is 9.09. The fourth-order valence-electron chi connectivity index (χ4n) is 2.67. The molecule has 13 heavy (non-hydrogen) atoms. The summed E-state index contributed by atoms with van der Waals surface area (Å²) in [4.78, 5) is 3.36. The summed E-state index contributed by atoms with van der Waals surface area (Å²) < 4.78 is 0. The number of fused-ring (bicyclic) bond motifs is 2. The van der Waals surface area contributed by atoms with Crippen LogP contribution in [0.5, 0.6) is 0 Å². The Bertz CT molecular complexity index is 193. The minimum atomic E-state index is 0.751. The highest BCUT2D eigenvalue weighted by atomic mass is 79.9. The molecule has 2 aliphatic rings. The van der Waals surface area contributed by atoms with E-state index in [1.807, 2.05) is 0 Å². The molecule has 0 amide bonds. The molecule has 2 atom stereocenters. The Hall–Kier alpha value is 0.470. The summed E-state index contributed by atoms with van der Waals surface area (Å²) in [6.07, 6.45) is 7.44. The molecule has 0 saturated carbocycles. The van der Waals surface area contributed by atoms with Gasteiger partial charge in [-0.25, -0.2) is 0 Å². The number of hydrogen-bond donors (Lipinski definition) is 0. The molecule has 2 unspecified atom stereocenters. The molecule has 0 aliphatic carbocycles. The van der Waals surface area contributed by atoms with E-state index < -0.39 is 0 Å². The van der Waals surface area contributed by atoms with Crippen LogP contribution in [-0.4, -0.2) is 28.4 Å². The first-order valence-electron chi connectivity index (χ1n) is 4.96. The van der Waals surface area contributed by atoms with Gasteiger partial charge in [-0.05, 0) is 25.7 Å². The summed E-state index contributed by atoms with van der Waals surface area (Å²) in [5.41, 5.74) is 1.64. The van der Waals surface area contributed by atoms with Crippen molar-refractivity contribution in [2.24, 2.45) is 0 Å². The Morgan fingerprint density at radius 1 is 1.31 bits per heavy atom. The number of alkyl halides is 1. The number of rotatable bonds is 2. The van der Waals surface area contributed by atoms with Crippen LogP contribution in [0.3, 0.4) is 0 Å². The molecule has 3 heteroatoms. The second-order valence-electron chi connectivity index (χ2n) is 4.01. The smallest absolute Gasteiger partial charge is 0.0180 e. The second kappa shape index (κ2) is 4.33. The molecule has 1 nitrogen and oxygen atoms in total. The van der Waals surface area contributed by atoms with Gasteiger partial charge in [0.05, 0.1) is 0 Å². The van der Waals surface area contributed by atoms with Gasteiger partial charge >= 0.3 is 0 Å². The summed E-state index contributed by atoms with van der Waals surface area (Å²) >= 11 is 9.28. The zero-order valence-electron chi connectivity index (χ0n) is 7.63. The van der Waals surface area contributed by atoms with Gasteiger partial charge in [0, 0.05) is 29.0 Å². The highest BCUT2D eigenvalue weighted by Crippen LogP contribution is 2.38. The monoisotopic (exact) mass is 263 g/mol. The van der Waals surface area contributed by atoms with E-state index in [9.17, 15) is 0 Å². The molecule has 0 aromatic carbocycles. The predicted molar refractivity (Wildman–Crippen MR) is 60.5 cm³/mol. The maximum Gasteiger partial charge on any atom is 0.0180 e. The molecule has 2 bridgehead atoms. The van der Waals surface area contributed by atoms with Crippen LogP contribution in [0.2, 0.25) is 0 Å². The lowest BCUT2D eigenvalue weighted by molar-refractivity contribution is 0.163. The molecule has 74 valence electrons. The van der Waals surface area contributed by atoms with Crippen LogP contribution in [0.4, 0.5) is 0 Å². The summed E-state index contributed by atoms with van der Waals surface area (Å²) in [6, 6.07) is 1.60. The fraction of sp³-hybridized carbons (Fsp3) is 0.800. The van der Waals surface area contributed by atoms with Crippen LogP contribution in [-0.2, 0) is 0 Å². The molecule has 2 saturated heterocycles. The molecule has 0 aromatic heterocycles. The van der Waals surface area contributed by atoms with Gasteiger partial charge in [-0.2, -0.15) is 0 Å². The minimum absolute atomic E-state index is 0.751. The topological polar surface area (TPSA) is 3.24 Å². The van der Waals surface area contributed by atoms with Crippen molar-refractivity contribution < 1.29 is 0 Å². The number of hydrogen-bond acceptors (Lipinski definition) is 1. The van der Waals surface area contributed by atoms with E-state index in [-0.39, 0.29) is 0 Å². The van der Waals surface area contributed by atoms with Gasteiger partial charge in [-0.1, -0.05) is 33.6 Å². The minimum Gasteiger partial charge on any atom is -0.294 e. The second-order valence-corrected chi connectivity index (χ2v) is 5.56. The molecular formula is C10H15BrClN.